The van der Waals surface area contributed by atoms with Gasteiger partial charge in [0.05, 0.1) is 18.2 Å². The van der Waals surface area contributed by atoms with Crippen LogP contribution in [0.1, 0.15) is 18.2 Å². The molecule has 0 radical (unpaired) electrons. The van der Waals surface area contributed by atoms with E-state index >= 15 is 0 Å². The van der Waals surface area contributed by atoms with Crippen molar-refractivity contribution in [2.45, 2.75) is 12.5 Å². The van der Waals surface area contributed by atoms with E-state index in [0.717, 1.165) is 19.5 Å². The number of para-hydroxylation sites is 1. The van der Waals surface area contributed by atoms with Gasteiger partial charge in [-0.2, -0.15) is 0 Å². The van der Waals surface area contributed by atoms with Crippen molar-refractivity contribution >= 4 is 11.6 Å². The maximum atomic E-state index is 12.4. The van der Waals surface area contributed by atoms with Crippen molar-refractivity contribution in [3.8, 4) is 0 Å². The molecule has 6 heteroatoms. The van der Waals surface area contributed by atoms with Crippen molar-refractivity contribution in [1.29, 1.82) is 0 Å². The van der Waals surface area contributed by atoms with Gasteiger partial charge in [-0.15, -0.1) is 0 Å². The molecule has 1 aliphatic heterocycles. The van der Waals surface area contributed by atoms with E-state index in [1.165, 1.54) is 18.2 Å². The summed E-state index contributed by atoms with van der Waals surface area (Å²) in [6.07, 6.45) is 2.67. The van der Waals surface area contributed by atoms with E-state index < -0.39 is 6.10 Å². The number of amides is 1. The van der Waals surface area contributed by atoms with Gasteiger partial charge in [0.15, 0.2) is 6.10 Å². The topological polar surface area (TPSA) is 72.5 Å². The first-order valence-electron chi connectivity index (χ1n) is 7.51. The average Bonchev–Trinajstić information content (AvgIpc) is 2.99. The van der Waals surface area contributed by atoms with Crippen molar-refractivity contribution in [2.24, 2.45) is 0 Å². The fourth-order valence-electron chi connectivity index (χ4n) is 2.76. The molecule has 0 spiro atoms. The Morgan fingerprint density at radius 1 is 1.18 bits per heavy atom. The molecule has 0 bridgehead atoms. The van der Waals surface area contributed by atoms with Gasteiger partial charge >= 0.3 is 0 Å². The highest BCUT2D eigenvalue weighted by Gasteiger charge is 2.26. The first-order valence-corrected chi connectivity index (χ1v) is 7.51. The molecule has 2 aromatic rings. The SMILES string of the molecule is O=C(C(O)c1cnc[nH]1)N1CCCN(c2ccccc2)CC1. The monoisotopic (exact) mass is 300 g/mol. The summed E-state index contributed by atoms with van der Waals surface area (Å²) in [5, 5.41) is 10.1. The number of nitrogens with one attached hydrogen (secondary N) is 1. The molecule has 1 aromatic carbocycles. The molecule has 1 atom stereocenters. The number of hydrogen-bond donors (Lipinski definition) is 2. The fraction of sp³-hybridized carbons (Fsp3) is 0.375. The Morgan fingerprint density at radius 2 is 2.00 bits per heavy atom. The molecule has 1 aliphatic rings. The lowest BCUT2D eigenvalue weighted by atomic mass is 10.2. The molecule has 1 amide bonds. The summed E-state index contributed by atoms with van der Waals surface area (Å²) in [7, 11) is 0. The lowest BCUT2D eigenvalue weighted by molar-refractivity contribution is -0.140. The van der Waals surface area contributed by atoms with Crippen LogP contribution in [0.15, 0.2) is 42.9 Å². The average molecular weight is 300 g/mol. The highest BCUT2D eigenvalue weighted by atomic mass is 16.3. The van der Waals surface area contributed by atoms with Gasteiger partial charge in [0.1, 0.15) is 0 Å². The van der Waals surface area contributed by atoms with Crippen molar-refractivity contribution in [3.63, 3.8) is 0 Å². The number of anilines is 1. The van der Waals surface area contributed by atoms with E-state index in [9.17, 15) is 9.90 Å². The molecule has 1 aromatic heterocycles. The van der Waals surface area contributed by atoms with Gasteiger partial charge in [0.25, 0.3) is 5.91 Å². The smallest absolute Gasteiger partial charge is 0.257 e. The molecule has 116 valence electrons. The molecule has 2 heterocycles. The minimum atomic E-state index is -1.16. The molecule has 3 rings (SSSR count). The van der Waals surface area contributed by atoms with Crippen LogP contribution in [0.4, 0.5) is 5.69 Å². The second-order valence-electron chi connectivity index (χ2n) is 5.41. The minimum Gasteiger partial charge on any atom is -0.377 e. The largest absolute Gasteiger partial charge is 0.377 e. The van der Waals surface area contributed by atoms with E-state index in [-0.39, 0.29) is 5.91 Å². The van der Waals surface area contributed by atoms with Crippen LogP contribution < -0.4 is 4.90 Å². The lowest BCUT2D eigenvalue weighted by Crippen LogP contribution is -2.38. The number of hydrogen-bond acceptors (Lipinski definition) is 4. The van der Waals surface area contributed by atoms with Gasteiger partial charge in [-0.3, -0.25) is 4.79 Å². The van der Waals surface area contributed by atoms with E-state index in [2.05, 4.69) is 27.0 Å². The van der Waals surface area contributed by atoms with Gasteiger partial charge < -0.3 is 19.9 Å². The summed E-state index contributed by atoms with van der Waals surface area (Å²) in [5.74, 6) is -0.265. The molecule has 1 saturated heterocycles. The Kier molecular flexibility index (Phi) is 4.39. The van der Waals surface area contributed by atoms with E-state index in [0.29, 0.717) is 18.8 Å². The van der Waals surface area contributed by atoms with Crippen molar-refractivity contribution < 1.29 is 9.90 Å². The number of aliphatic hydroxyl groups is 1. The van der Waals surface area contributed by atoms with Crippen LogP contribution in [-0.2, 0) is 4.79 Å². The van der Waals surface area contributed by atoms with Crippen LogP contribution in [-0.4, -0.2) is 52.1 Å². The number of H-pyrrole nitrogens is 1. The van der Waals surface area contributed by atoms with Gasteiger partial charge in [0.2, 0.25) is 0 Å². The summed E-state index contributed by atoms with van der Waals surface area (Å²) in [6.45, 7) is 2.95. The third-order valence-corrected chi connectivity index (χ3v) is 3.98. The highest BCUT2D eigenvalue weighted by Crippen LogP contribution is 2.18. The summed E-state index contributed by atoms with van der Waals surface area (Å²) >= 11 is 0. The van der Waals surface area contributed by atoms with Gasteiger partial charge in [0, 0.05) is 31.9 Å². The zero-order chi connectivity index (χ0) is 15.4. The van der Waals surface area contributed by atoms with E-state index in [1.54, 1.807) is 4.90 Å². The van der Waals surface area contributed by atoms with Crippen LogP contribution in [0.3, 0.4) is 0 Å². The second-order valence-corrected chi connectivity index (χ2v) is 5.41. The number of nitrogens with zero attached hydrogens (tertiary/aromatic N) is 3. The van der Waals surface area contributed by atoms with Gasteiger partial charge in [-0.05, 0) is 18.6 Å². The number of imidazole rings is 1. The molecule has 1 fully saturated rings. The summed E-state index contributed by atoms with van der Waals surface area (Å²) in [5.41, 5.74) is 1.61. The number of aliphatic hydroxyl groups excluding tert-OH is 1. The molecular formula is C16H20N4O2. The quantitative estimate of drug-likeness (QED) is 0.893. The molecule has 6 nitrogen and oxygen atoms in total. The molecular weight excluding hydrogens is 280 g/mol. The molecule has 1 unspecified atom stereocenters. The highest BCUT2D eigenvalue weighted by molar-refractivity contribution is 5.81. The maximum Gasteiger partial charge on any atom is 0.257 e. The van der Waals surface area contributed by atoms with Crippen molar-refractivity contribution in [1.82, 2.24) is 14.9 Å². The van der Waals surface area contributed by atoms with Crippen molar-refractivity contribution in [2.75, 3.05) is 31.1 Å². The summed E-state index contributed by atoms with van der Waals surface area (Å²) in [4.78, 5) is 23.0. The summed E-state index contributed by atoms with van der Waals surface area (Å²) < 4.78 is 0. The number of rotatable bonds is 3. The maximum absolute atomic E-state index is 12.4. The minimum absolute atomic E-state index is 0.265. The first kappa shape index (κ1) is 14.6. The van der Waals surface area contributed by atoms with Crippen LogP contribution in [0.25, 0.3) is 0 Å². The number of benzene rings is 1. The second kappa shape index (κ2) is 6.62. The fourth-order valence-corrected chi connectivity index (χ4v) is 2.76. The Bertz CT molecular complexity index is 600. The van der Waals surface area contributed by atoms with E-state index in [1.807, 2.05) is 18.2 Å². The van der Waals surface area contributed by atoms with Crippen LogP contribution in [0.2, 0.25) is 0 Å². The zero-order valence-corrected chi connectivity index (χ0v) is 12.4. The number of carbonyl (C=O) groups excluding carboxylic acids is 1. The molecule has 22 heavy (non-hydrogen) atoms. The standard InChI is InChI=1S/C16H20N4O2/c21-15(14-11-17-12-18-14)16(22)20-8-4-7-19(9-10-20)13-5-2-1-3-6-13/h1-3,5-6,11-12,15,21H,4,7-10H2,(H,17,18). The first-order chi connectivity index (χ1) is 10.8. The Balaban J connectivity index is 1.64. The van der Waals surface area contributed by atoms with Crippen LogP contribution in [0.5, 0.6) is 0 Å². The third kappa shape index (κ3) is 3.12. The lowest BCUT2D eigenvalue weighted by Gasteiger charge is -2.24. The molecule has 2 N–H and O–H groups in total. The Morgan fingerprint density at radius 3 is 2.73 bits per heavy atom. The third-order valence-electron chi connectivity index (χ3n) is 3.98. The number of aromatic amines is 1. The zero-order valence-electron chi connectivity index (χ0n) is 12.4. The number of carbonyl (C=O) groups is 1. The van der Waals surface area contributed by atoms with Crippen LogP contribution >= 0.6 is 0 Å². The molecule has 0 aliphatic carbocycles. The van der Waals surface area contributed by atoms with E-state index in [4.69, 9.17) is 0 Å². The predicted octanol–water partition coefficient (Wildman–Crippen LogP) is 1.18. The van der Waals surface area contributed by atoms with Crippen LogP contribution in [0, 0.1) is 0 Å². The predicted molar refractivity (Wildman–Crippen MR) is 83.4 cm³/mol. The Labute approximate surface area is 129 Å². The summed E-state index contributed by atoms with van der Waals surface area (Å²) in [6, 6.07) is 10.2. The van der Waals surface area contributed by atoms with Gasteiger partial charge in [-0.25, -0.2) is 4.98 Å². The number of aromatic nitrogens is 2. The normalized spacial score (nSPS) is 17.1. The Hall–Kier alpha value is -2.34. The molecule has 0 saturated carbocycles. The van der Waals surface area contributed by atoms with Crippen molar-refractivity contribution in [3.05, 3.63) is 48.5 Å². The van der Waals surface area contributed by atoms with Gasteiger partial charge in [-0.1, -0.05) is 18.2 Å².